The average Bonchev–Trinajstić information content (AvgIpc) is 1.02. The molecule has 588 valence electrons. The van der Waals surface area contributed by atoms with Crippen LogP contribution in [0.1, 0.15) is 409 Å². The number of hydrogen-bond acceptors (Lipinski definition) is 15. The van der Waals surface area contributed by atoms with Crippen molar-refractivity contribution in [3.8, 4) is 0 Å². The fourth-order valence-electron chi connectivity index (χ4n) is 12.2. The average molecular weight is 1450 g/mol. The number of ether oxygens (including phenoxy) is 4. The fourth-order valence-corrected chi connectivity index (χ4v) is 13.8. The SMILES string of the molecule is CCC(C)CCCCCCCCCCCCC(=O)O[C@H](COC(=O)CCCCCCCCC(C)CC)COP(=O)(O)OC[C@H](O)COP(=O)(O)OC[C@@H](COC(=O)CCCCCCCCCCCCCC(C)C)OC(=O)CCCCCCCCCCCCCCCCCCCCC(C)C. The molecule has 0 aliphatic heterocycles. The first-order valence-electron chi connectivity index (χ1n) is 41.3. The standard InChI is InChI=1S/C80H156O17P2/c1-9-72(7)58-50-42-34-28-24-25-31-37-47-55-63-80(85)97-76(67-91-78(83)61-53-45-39-38-43-51-59-73(8)10-2)69-95-99(88,89)93-65-74(81)64-92-98(86,87)94-68-75(66-90-77(82)60-52-44-35-29-23-19-21-27-33-41-49-57-71(5)6)96-79(84)62-54-46-36-30-22-18-16-14-12-11-13-15-17-20-26-32-40-48-56-70(3)4/h70-76,81H,9-69H2,1-8H3,(H,86,87)(H,88,89)/t72?,73?,74-,75-,76-/m1/s1. The third kappa shape index (κ3) is 71.5. The second-order valence-corrected chi connectivity index (χ2v) is 33.1. The maximum atomic E-state index is 13.1. The number of aliphatic hydroxyl groups is 1. The van der Waals surface area contributed by atoms with Crippen LogP contribution in [-0.2, 0) is 65.4 Å². The summed E-state index contributed by atoms with van der Waals surface area (Å²) in [6.07, 6.45) is 55.5. The lowest BCUT2D eigenvalue weighted by atomic mass is 9.99. The molecule has 0 aromatic heterocycles. The number of unbranched alkanes of at least 4 members (excludes halogenated alkanes) is 41. The summed E-state index contributed by atoms with van der Waals surface area (Å²) in [5, 5.41) is 10.6. The summed E-state index contributed by atoms with van der Waals surface area (Å²) in [5.41, 5.74) is 0. The molecular weight excluding hydrogens is 1290 g/mol. The van der Waals surface area contributed by atoms with E-state index in [2.05, 4.69) is 55.4 Å². The number of phosphoric ester groups is 2. The molecule has 99 heavy (non-hydrogen) atoms. The van der Waals surface area contributed by atoms with Crippen LogP contribution >= 0.6 is 15.6 Å². The Morgan fingerprint density at radius 3 is 0.717 bits per heavy atom. The molecule has 7 atom stereocenters. The minimum absolute atomic E-state index is 0.105. The number of aliphatic hydroxyl groups excluding tert-OH is 1. The van der Waals surface area contributed by atoms with Crippen molar-refractivity contribution in [2.24, 2.45) is 23.7 Å². The molecule has 0 bridgehead atoms. The largest absolute Gasteiger partial charge is 0.472 e. The maximum Gasteiger partial charge on any atom is 0.472 e. The first-order valence-corrected chi connectivity index (χ1v) is 44.3. The van der Waals surface area contributed by atoms with Crippen LogP contribution in [0, 0.1) is 23.7 Å². The predicted octanol–water partition coefficient (Wildman–Crippen LogP) is 23.6. The highest BCUT2D eigenvalue weighted by Gasteiger charge is 2.30. The van der Waals surface area contributed by atoms with Crippen molar-refractivity contribution < 1.29 is 80.2 Å². The lowest BCUT2D eigenvalue weighted by molar-refractivity contribution is -0.161. The van der Waals surface area contributed by atoms with E-state index in [0.29, 0.717) is 25.7 Å². The van der Waals surface area contributed by atoms with E-state index in [1.807, 2.05) is 0 Å². The highest BCUT2D eigenvalue weighted by molar-refractivity contribution is 7.47. The maximum absolute atomic E-state index is 13.1. The van der Waals surface area contributed by atoms with Gasteiger partial charge in [0.05, 0.1) is 26.4 Å². The molecule has 0 aliphatic carbocycles. The number of esters is 4. The molecule has 3 N–H and O–H groups in total. The molecule has 0 radical (unpaired) electrons. The minimum Gasteiger partial charge on any atom is -0.462 e. The van der Waals surface area contributed by atoms with E-state index in [9.17, 15) is 43.2 Å². The van der Waals surface area contributed by atoms with Gasteiger partial charge in [0.25, 0.3) is 0 Å². The van der Waals surface area contributed by atoms with Gasteiger partial charge in [0, 0.05) is 25.7 Å². The van der Waals surface area contributed by atoms with Crippen LogP contribution < -0.4 is 0 Å². The van der Waals surface area contributed by atoms with E-state index >= 15 is 0 Å². The number of carbonyl (C=O) groups excluding carboxylic acids is 4. The van der Waals surface area contributed by atoms with E-state index in [4.69, 9.17) is 37.0 Å². The Hall–Kier alpha value is -1.94. The van der Waals surface area contributed by atoms with E-state index < -0.39 is 97.5 Å². The Morgan fingerprint density at radius 1 is 0.283 bits per heavy atom. The topological polar surface area (TPSA) is 237 Å². The molecule has 0 aliphatic rings. The second-order valence-electron chi connectivity index (χ2n) is 30.2. The Kier molecular flexibility index (Phi) is 67.8. The highest BCUT2D eigenvalue weighted by Crippen LogP contribution is 2.45. The molecular formula is C80H156O17P2. The summed E-state index contributed by atoms with van der Waals surface area (Å²) in [7, 11) is -9.92. The molecule has 0 amide bonds. The highest BCUT2D eigenvalue weighted by atomic mass is 31.2. The molecule has 0 saturated heterocycles. The van der Waals surface area contributed by atoms with Crippen LogP contribution in [0.25, 0.3) is 0 Å². The third-order valence-electron chi connectivity index (χ3n) is 19.3. The van der Waals surface area contributed by atoms with Crippen LogP contribution in [-0.4, -0.2) is 96.7 Å². The lowest BCUT2D eigenvalue weighted by Gasteiger charge is -2.21. The zero-order valence-electron chi connectivity index (χ0n) is 65.1. The molecule has 19 heteroatoms. The van der Waals surface area contributed by atoms with Gasteiger partial charge in [0.1, 0.15) is 19.3 Å². The Labute approximate surface area is 607 Å². The predicted molar refractivity (Wildman–Crippen MR) is 404 cm³/mol. The van der Waals surface area contributed by atoms with E-state index in [1.165, 1.54) is 205 Å². The lowest BCUT2D eigenvalue weighted by Crippen LogP contribution is -2.30. The Balaban J connectivity index is 5.23. The third-order valence-corrected chi connectivity index (χ3v) is 21.2. The van der Waals surface area contributed by atoms with Gasteiger partial charge in [0.2, 0.25) is 0 Å². The van der Waals surface area contributed by atoms with Gasteiger partial charge in [-0.2, -0.15) is 0 Å². The number of rotatable bonds is 77. The van der Waals surface area contributed by atoms with Gasteiger partial charge in [-0.3, -0.25) is 37.3 Å². The summed E-state index contributed by atoms with van der Waals surface area (Å²) in [4.78, 5) is 73.0. The van der Waals surface area contributed by atoms with Crippen LogP contribution in [0.4, 0.5) is 0 Å². The quantitative estimate of drug-likeness (QED) is 0.0222. The molecule has 0 aromatic rings. The minimum atomic E-state index is -4.96. The summed E-state index contributed by atoms with van der Waals surface area (Å²) in [6, 6.07) is 0. The molecule has 0 rings (SSSR count). The molecule has 4 unspecified atom stereocenters. The van der Waals surface area contributed by atoms with Gasteiger partial charge in [-0.15, -0.1) is 0 Å². The van der Waals surface area contributed by atoms with Crippen molar-refractivity contribution in [2.45, 2.75) is 427 Å². The van der Waals surface area contributed by atoms with Crippen molar-refractivity contribution in [1.29, 1.82) is 0 Å². The van der Waals surface area contributed by atoms with Gasteiger partial charge in [-0.1, -0.05) is 357 Å². The second kappa shape index (κ2) is 69.1. The summed E-state index contributed by atoms with van der Waals surface area (Å²) in [6.45, 7) is 14.3. The summed E-state index contributed by atoms with van der Waals surface area (Å²) in [5.74, 6) is 1.01. The van der Waals surface area contributed by atoms with E-state index in [0.717, 1.165) is 120 Å². The smallest absolute Gasteiger partial charge is 0.462 e. The van der Waals surface area contributed by atoms with Crippen molar-refractivity contribution in [3.05, 3.63) is 0 Å². The normalized spacial score (nSPS) is 14.6. The molecule has 0 heterocycles. The van der Waals surface area contributed by atoms with Crippen molar-refractivity contribution in [2.75, 3.05) is 39.6 Å². The fraction of sp³-hybridized carbons (Fsp3) is 0.950. The molecule has 0 spiro atoms. The zero-order chi connectivity index (χ0) is 73.1. The van der Waals surface area contributed by atoms with Gasteiger partial charge < -0.3 is 33.8 Å². The number of phosphoric acid groups is 2. The molecule has 0 saturated carbocycles. The van der Waals surface area contributed by atoms with Gasteiger partial charge in [0.15, 0.2) is 12.2 Å². The number of hydrogen-bond donors (Lipinski definition) is 3. The van der Waals surface area contributed by atoms with Gasteiger partial charge >= 0.3 is 39.5 Å². The van der Waals surface area contributed by atoms with Crippen LogP contribution in [0.5, 0.6) is 0 Å². The Bertz CT molecular complexity index is 1940. The van der Waals surface area contributed by atoms with Crippen molar-refractivity contribution >= 4 is 39.5 Å². The molecule has 0 aromatic carbocycles. The van der Waals surface area contributed by atoms with Crippen LogP contribution in [0.3, 0.4) is 0 Å². The first-order chi connectivity index (χ1) is 47.7. The molecule has 0 fully saturated rings. The van der Waals surface area contributed by atoms with Crippen LogP contribution in [0.2, 0.25) is 0 Å². The van der Waals surface area contributed by atoms with E-state index in [1.54, 1.807) is 0 Å². The summed E-state index contributed by atoms with van der Waals surface area (Å²) < 4.78 is 68.7. The summed E-state index contributed by atoms with van der Waals surface area (Å²) >= 11 is 0. The Morgan fingerprint density at radius 2 is 0.485 bits per heavy atom. The van der Waals surface area contributed by atoms with E-state index in [-0.39, 0.29) is 25.7 Å². The molecule has 17 nitrogen and oxygen atoms in total. The van der Waals surface area contributed by atoms with Gasteiger partial charge in [-0.25, -0.2) is 9.13 Å². The van der Waals surface area contributed by atoms with Crippen molar-refractivity contribution in [1.82, 2.24) is 0 Å². The first kappa shape index (κ1) is 97.1. The van der Waals surface area contributed by atoms with Gasteiger partial charge in [-0.05, 0) is 49.4 Å². The van der Waals surface area contributed by atoms with Crippen molar-refractivity contribution in [3.63, 3.8) is 0 Å². The monoisotopic (exact) mass is 1450 g/mol. The zero-order valence-corrected chi connectivity index (χ0v) is 66.9. The number of carbonyl (C=O) groups is 4. The van der Waals surface area contributed by atoms with Crippen LogP contribution in [0.15, 0.2) is 0 Å².